The Labute approximate surface area is 161 Å². The minimum Gasteiger partial charge on any atom is -0.357 e. The molecule has 2 aromatic heterocycles. The zero-order chi connectivity index (χ0) is 19.1. The first-order chi connectivity index (χ1) is 13.2. The molecular formula is C21H28N6. The van der Waals surface area contributed by atoms with Gasteiger partial charge in [0.2, 0.25) is 0 Å². The molecule has 3 rings (SSSR count). The van der Waals surface area contributed by atoms with Gasteiger partial charge in [0.05, 0.1) is 6.54 Å². The van der Waals surface area contributed by atoms with Crippen molar-refractivity contribution in [2.75, 3.05) is 13.6 Å². The van der Waals surface area contributed by atoms with E-state index in [1.165, 1.54) is 11.3 Å². The van der Waals surface area contributed by atoms with Crippen molar-refractivity contribution >= 4 is 5.96 Å². The molecule has 1 N–H and O–H groups in total. The molecule has 0 aliphatic carbocycles. The molecule has 0 bridgehead atoms. The van der Waals surface area contributed by atoms with Gasteiger partial charge in [0.25, 0.3) is 0 Å². The van der Waals surface area contributed by atoms with Crippen molar-refractivity contribution < 1.29 is 0 Å². The molecule has 6 nitrogen and oxygen atoms in total. The number of hydrogen-bond acceptors (Lipinski definition) is 2. The number of benzene rings is 1. The van der Waals surface area contributed by atoms with E-state index < -0.39 is 0 Å². The lowest BCUT2D eigenvalue weighted by atomic mass is 10.2. The highest BCUT2D eigenvalue weighted by Gasteiger charge is 2.09. The van der Waals surface area contributed by atoms with Gasteiger partial charge >= 0.3 is 0 Å². The summed E-state index contributed by atoms with van der Waals surface area (Å²) in [6.45, 7) is 5.06. The molecular weight excluding hydrogens is 336 g/mol. The van der Waals surface area contributed by atoms with Gasteiger partial charge in [-0.2, -0.15) is 0 Å². The fourth-order valence-electron chi connectivity index (χ4n) is 3.01. The predicted molar refractivity (Wildman–Crippen MR) is 109 cm³/mol. The van der Waals surface area contributed by atoms with Crippen LogP contribution in [0.1, 0.15) is 24.0 Å². The molecule has 0 aliphatic heterocycles. The summed E-state index contributed by atoms with van der Waals surface area (Å²) in [5.74, 6) is 1.84. The van der Waals surface area contributed by atoms with Gasteiger partial charge in [-0.3, -0.25) is 0 Å². The third-order valence-corrected chi connectivity index (χ3v) is 4.51. The van der Waals surface area contributed by atoms with Crippen LogP contribution in [-0.2, 0) is 26.7 Å². The maximum Gasteiger partial charge on any atom is 0.194 e. The minimum absolute atomic E-state index is 0.541. The molecule has 0 aliphatic rings. The van der Waals surface area contributed by atoms with Crippen LogP contribution < -0.4 is 5.32 Å². The van der Waals surface area contributed by atoms with Gasteiger partial charge in [0.1, 0.15) is 12.4 Å². The van der Waals surface area contributed by atoms with Crippen LogP contribution in [-0.4, -0.2) is 38.6 Å². The van der Waals surface area contributed by atoms with Crippen molar-refractivity contribution in [1.82, 2.24) is 24.3 Å². The van der Waals surface area contributed by atoms with Gasteiger partial charge in [-0.15, -0.1) is 0 Å². The Balaban J connectivity index is 1.70. The summed E-state index contributed by atoms with van der Waals surface area (Å²) in [7, 11) is 4.12. The topological polar surface area (TPSA) is 50.4 Å². The molecule has 0 saturated carbocycles. The number of aliphatic imine (C=N–C) groups is 1. The van der Waals surface area contributed by atoms with Crippen molar-refractivity contribution in [2.45, 2.75) is 26.6 Å². The van der Waals surface area contributed by atoms with Crippen molar-refractivity contribution in [3.63, 3.8) is 0 Å². The van der Waals surface area contributed by atoms with Crippen molar-refractivity contribution in [3.8, 4) is 0 Å². The number of hydrogen-bond donors (Lipinski definition) is 1. The maximum absolute atomic E-state index is 4.81. The lowest BCUT2D eigenvalue weighted by Crippen LogP contribution is -2.38. The molecule has 3 aromatic rings. The molecule has 0 fully saturated rings. The minimum atomic E-state index is 0.541. The van der Waals surface area contributed by atoms with Gasteiger partial charge in [-0.05, 0) is 24.6 Å². The highest BCUT2D eigenvalue weighted by molar-refractivity contribution is 5.79. The summed E-state index contributed by atoms with van der Waals surface area (Å²) < 4.78 is 4.28. The van der Waals surface area contributed by atoms with E-state index in [2.05, 4.69) is 87.9 Å². The highest BCUT2D eigenvalue weighted by Crippen LogP contribution is 2.08. The Hall–Kier alpha value is -3.02. The number of nitrogens with zero attached hydrogens (tertiary/aromatic N) is 5. The number of imidazole rings is 1. The molecule has 27 heavy (non-hydrogen) atoms. The van der Waals surface area contributed by atoms with Crippen molar-refractivity contribution in [2.24, 2.45) is 12.0 Å². The van der Waals surface area contributed by atoms with Crippen LogP contribution in [0.4, 0.5) is 0 Å². The summed E-state index contributed by atoms with van der Waals surface area (Å²) in [6.07, 6.45) is 5.92. The SMILES string of the molecule is CCNC(=NCc1nccn1Cc1ccccc1)N(C)Cc1cccn1C. The molecule has 0 amide bonds. The second-order valence-electron chi connectivity index (χ2n) is 6.59. The molecule has 142 valence electrons. The predicted octanol–water partition coefficient (Wildman–Crippen LogP) is 2.87. The van der Waals surface area contributed by atoms with E-state index >= 15 is 0 Å². The fourth-order valence-corrected chi connectivity index (χ4v) is 3.01. The lowest BCUT2D eigenvalue weighted by Gasteiger charge is -2.22. The van der Waals surface area contributed by atoms with E-state index in [1.807, 2.05) is 18.5 Å². The maximum atomic E-state index is 4.81. The molecule has 2 heterocycles. The zero-order valence-corrected chi connectivity index (χ0v) is 16.3. The third-order valence-electron chi connectivity index (χ3n) is 4.51. The van der Waals surface area contributed by atoms with E-state index in [1.54, 1.807) is 0 Å². The average Bonchev–Trinajstić information content (AvgIpc) is 3.28. The number of guanidine groups is 1. The normalized spacial score (nSPS) is 11.6. The Bertz CT molecular complexity index is 862. The lowest BCUT2D eigenvalue weighted by molar-refractivity contribution is 0.461. The third kappa shape index (κ3) is 5.00. The number of rotatable bonds is 7. The monoisotopic (exact) mass is 364 g/mol. The summed E-state index contributed by atoms with van der Waals surface area (Å²) in [4.78, 5) is 11.4. The van der Waals surface area contributed by atoms with Crippen LogP contribution in [0.2, 0.25) is 0 Å². The van der Waals surface area contributed by atoms with Gasteiger partial charge < -0.3 is 19.4 Å². The Morgan fingerprint density at radius 2 is 1.96 bits per heavy atom. The van der Waals surface area contributed by atoms with E-state index in [9.17, 15) is 0 Å². The second-order valence-corrected chi connectivity index (χ2v) is 6.59. The highest BCUT2D eigenvalue weighted by atomic mass is 15.3. The van der Waals surface area contributed by atoms with Gasteiger partial charge in [0.15, 0.2) is 5.96 Å². The number of nitrogens with one attached hydrogen (secondary N) is 1. The average molecular weight is 364 g/mol. The van der Waals surface area contributed by atoms with E-state index in [4.69, 9.17) is 4.99 Å². The van der Waals surface area contributed by atoms with Crippen LogP contribution in [0.25, 0.3) is 0 Å². The van der Waals surface area contributed by atoms with E-state index in [0.29, 0.717) is 6.54 Å². The summed E-state index contributed by atoms with van der Waals surface area (Å²) in [6, 6.07) is 14.6. The smallest absolute Gasteiger partial charge is 0.194 e. The van der Waals surface area contributed by atoms with Crippen LogP contribution >= 0.6 is 0 Å². The van der Waals surface area contributed by atoms with E-state index in [0.717, 1.165) is 31.4 Å². The fraction of sp³-hybridized carbons (Fsp3) is 0.333. The zero-order valence-electron chi connectivity index (χ0n) is 16.3. The van der Waals surface area contributed by atoms with Crippen LogP contribution in [0.5, 0.6) is 0 Å². The van der Waals surface area contributed by atoms with Gasteiger partial charge in [0, 0.05) is 51.5 Å². The molecule has 0 saturated heterocycles. The number of aryl methyl sites for hydroxylation is 1. The first kappa shape index (κ1) is 18.8. The molecule has 0 spiro atoms. The van der Waals surface area contributed by atoms with Crippen LogP contribution in [0, 0.1) is 0 Å². The number of aromatic nitrogens is 3. The Morgan fingerprint density at radius 1 is 1.15 bits per heavy atom. The quantitative estimate of drug-likeness (QED) is 0.518. The molecule has 0 radical (unpaired) electrons. The van der Waals surface area contributed by atoms with Gasteiger partial charge in [-0.1, -0.05) is 30.3 Å². The second kappa shape index (κ2) is 9.07. The summed E-state index contributed by atoms with van der Waals surface area (Å²) in [5.41, 5.74) is 2.50. The first-order valence-electron chi connectivity index (χ1n) is 9.31. The largest absolute Gasteiger partial charge is 0.357 e. The summed E-state index contributed by atoms with van der Waals surface area (Å²) >= 11 is 0. The molecule has 0 atom stereocenters. The van der Waals surface area contributed by atoms with E-state index in [-0.39, 0.29) is 0 Å². The first-order valence-corrected chi connectivity index (χ1v) is 9.31. The van der Waals surface area contributed by atoms with Gasteiger partial charge in [-0.25, -0.2) is 9.98 Å². The van der Waals surface area contributed by atoms with Crippen LogP contribution in [0.15, 0.2) is 66.0 Å². The Kier molecular flexibility index (Phi) is 6.30. The molecule has 0 unspecified atom stereocenters. The van der Waals surface area contributed by atoms with Crippen molar-refractivity contribution in [1.29, 1.82) is 0 Å². The Morgan fingerprint density at radius 3 is 2.67 bits per heavy atom. The summed E-state index contributed by atoms with van der Waals surface area (Å²) in [5, 5.41) is 3.38. The van der Waals surface area contributed by atoms with Crippen molar-refractivity contribution in [3.05, 3.63) is 78.1 Å². The molecule has 6 heteroatoms. The molecule has 1 aromatic carbocycles. The standard InChI is InChI=1S/C21H28N6/c1-4-22-21(26(3)17-19-11-8-13-25(19)2)24-15-20-23-12-14-27(20)16-18-9-6-5-7-10-18/h5-14H,4,15-17H2,1-3H3,(H,22,24). The van der Waals surface area contributed by atoms with Crippen LogP contribution in [0.3, 0.4) is 0 Å².